The minimum Gasteiger partial charge on any atom is -0.299 e. The third kappa shape index (κ3) is 5.49. The van der Waals surface area contributed by atoms with Gasteiger partial charge >= 0.3 is 0 Å². The summed E-state index contributed by atoms with van der Waals surface area (Å²) in [6.07, 6.45) is 3.37. The maximum atomic E-state index is 12.7. The highest BCUT2D eigenvalue weighted by Crippen LogP contribution is 2.38. The molecule has 1 fully saturated rings. The summed E-state index contributed by atoms with van der Waals surface area (Å²) in [5.74, 6) is 1.18. The van der Waals surface area contributed by atoms with Crippen LogP contribution in [-0.2, 0) is 22.2 Å². The molecule has 0 radical (unpaired) electrons. The van der Waals surface area contributed by atoms with Crippen LogP contribution in [0.4, 0.5) is 0 Å². The third-order valence-corrected chi connectivity index (χ3v) is 6.88. The summed E-state index contributed by atoms with van der Waals surface area (Å²) < 4.78 is 15.7. The summed E-state index contributed by atoms with van der Waals surface area (Å²) in [5.41, 5.74) is 1.27. The van der Waals surface area contributed by atoms with Crippen LogP contribution in [-0.4, -0.2) is 20.8 Å². The van der Waals surface area contributed by atoms with Gasteiger partial charge in [0.05, 0.1) is 15.7 Å². The molecule has 0 unspecified atom stereocenters. The smallest absolute Gasteiger partial charge is 0.137 e. The van der Waals surface area contributed by atoms with Crippen LogP contribution >= 0.6 is 0 Å². The molecule has 0 amide bonds. The molecule has 0 spiro atoms. The summed E-state index contributed by atoms with van der Waals surface area (Å²) in [7, 11) is -1.17. The highest BCUT2D eigenvalue weighted by molar-refractivity contribution is 7.84. The van der Waals surface area contributed by atoms with Crippen molar-refractivity contribution in [2.75, 3.05) is 0 Å². The average Bonchev–Trinajstić information content (AvgIpc) is 2.93. The Morgan fingerprint density at radius 1 is 1.20 bits per heavy atom. The lowest BCUT2D eigenvalue weighted by Crippen LogP contribution is -2.47. The summed E-state index contributed by atoms with van der Waals surface area (Å²) >= 11 is 0. The van der Waals surface area contributed by atoms with Crippen molar-refractivity contribution in [1.82, 2.24) is 4.72 Å². The van der Waals surface area contributed by atoms with Crippen molar-refractivity contribution in [3.05, 3.63) is 35.9 Å². The quantitative estimate of drug-likeness (QED) is 0.785. The average molecular weight is 364 g/mol. The largest absolute Gasteiger partial charge is 0.299 e. The number of hydrogen-bond donors (Lipinski definition) is 1. The van der Waals surface area contributed by atoms with Crippen molar-refractivity contribution in [1.29, 1.82) is 0 Å². The van der Waals surface area contributed by atoms with Gasteiger partial charge in [-0.25, -0.2) is 8.93 Å². The van der Waals surface area contributed by atoms with E-state index in [1.54, 1.807) is 0 Å². The van der Waals surface area contributed by atoms with Crippen LogP contribution in [0.2, 0.25) is 0 Å². The van der Waals surface area contributed by atoms with Gasteiger partial charge in [-0.1, -0.05) is 44.2 Å². The molecule has 0 heterocycles. The van der Waals surface area contributed by atoms with Gasteiger partial charge in [-0.15, -0.1) is 0 Å². The molecule has 25 heavy (non-hydrogen) atoms. The Morgan fingerprint density at radius 2 is 1.84 bits per heavy atom. The highest BCUT2D eigenvalue weighted by atomic mass is 32.2. The van der Waals surface area contributed by atoms with Gasteiger partial charge in [0.2, 0.25) is 0 Å². The molecule has 1 N–H and O–H groups in total. The molecule has 0 aromatic heterocycles. The molecular weight excluding hydrogens is 330 g/mol. The Hall–Kier alpha value is -1.00. The van der Waals surface area contributed by atoms with E-state index < -0.39 is 11.0 Å². The zero-order chi connectivity index (χ0) is 18.6. The monoisotopic (exact) mass is 363 g/mol. The molecule has 1 saturated carbocycles. The van der Waals surface area contributed by atoms with Gasteiger partial charge in [0.1, 0.15) is 5.78 Å². The molecular formula is C21H33NO2S. The molecule has 0 bridgehead atoms. The summed E-state index contributed by atoms with van der Waals surface area (Å²) in [6, 6.07) is 10.3. The standard InChI is InChI=1S/C21H33NO2S/c1-15(2)17-12-14-19(23)20(17)18(22-25(24)21(3,4)5)13-11-16-9-7-6-8-10-16/h6-10,15,17-18,20,22H,11-14H2,1-5H3/t17-,18+,20+,25+/m0/s1. The SMILES string of the molecule is CC(C)[C@@H]1CCC(=O)[C@H]1[C@@H](CCc1ccccc1)N[S@](=O)C(C)(C)C. The molecule has 4 heteroatoms. The van der Waals surface area contributed by atoms with Crippen LogP contribution in [0.5, 0.6) is 0 Å². The normalized spacial score (nSPS) is 23.8. The van der Waals surface area contributed by atoms with Gasteiger partial charge in [0.25, 0.3) is 0 Å². The number of Topliss-reactive ketones (excluding diaryl/α,β-unsaturated/α-hetero) is 1. The highest BCUT2D eigenvalue weighted by Gasteiger charge is 2.42. The number of nitrogens with one attached hydrogen (secondary N) is 1. The lowest BCUT2D eigenvalue weighted by molar-refractivity contribution is -0.122. The zero-order valence-corrected chi connectivity index (χ0v) is 17.1. The summed E-state index contributed by atoms with van der Waals surface area (Å²) in [5, 5.41) is 0. The first-order chi connectivity index (χ1) is 11.7. The molecule has 4 atom stereocenters. The van der Waals surface area contributed by atoms with Crippen LogP contribution in [0.1, 0.15) is 59.4 Å². The number of carbonyl (C=O) groups is 1. The van der Waals surface area contributed by atoms with E-state index in [4.69, 9.17) is 0 Å². The Balaban J connectivity index is 2.18. The van der Waals surface area contributed by atoms with Crippen LogP contribution in [0, 0.1) is 17.8 Å². The van der Waals surface area contributed by atoms with Crippen molar-refractivity contribution in [2.45, 2.75) is 71.1 Å². The fourth-order valence-corrected chi connectivity index (χ4v) is 4.65. The number of hydrogen-bond acceptors (Lipinski definition) is 2. The number of benzene rings is 1. The second-order valence-electron chi connectivity index (χ2n) is 8.57. The minimum absolute atomic E-state index is 0.0185. The maximum Gasteiger partial charge on any atom is 0.137 e. The Kier molecular flexibility index (Phi) is 6.98. The second kappa shape index (κ2) is 8.59. The molecule has 1 aliphatic carbocycles. The first kappa shape index (κ1) is 20.3. The van der Waals surface area contributed by atoms with E-state index in [9.17, 15) is 9.00 Å². The van der Waals surface area contributed by atoms with E-state index in [1.807, 2.05) is 39.0 Å². The van der Waals surface area contributed by atoms with E-state index in [-0.39, 0.29) is 16.7 Å². The van der Waals surface area contributed by atoms with Crippen molar-refractivity contribution in [3.8, 4) is 0 Å². The Labute approximate surface area is 155 Å². The molecule has 1 aliphatic rings. The lowest BCUT2D eigenvalue weighted by Gasteiger charge is -2.32. The van der Waals surface area contributed by atoms with Gasteiger partial charge in [-0.3, -0.25) is 4.79 Å². The fraction of sp³-hybridized carbons (Fsp3) is 0.667. The predicted octanol–water partition coefficient (Wildman–Crippen LogP) is 4.29. The van der Waals surface area contributed by atoms with E-state index in [1.165, 1.54) is 5.56 Å². The van der Waals surface area contributed by atoms with Gasteiger partial charge < -0.3 is 0 Å². The van der Waals surface area contributed by atoms with Crippen molar-refractivity contribution in [2.24, 2.45) is 17.8 Å². The van der Waals surface area contributed by atoms with Crippen LogP contribution < -0.4 is 4.72 Å². The van der Waals surface area contributed by atoms with E-state index in [2.05, 4.69) is 30.7 Å². The topological polar surface area (TPSA) is 46.2 Å². The lowest BCUT2D eigenvalue weighted by atomic mass is 9.80. The van der Waals surface area contributed by atoms with Gasteiger partial charge in [-0.2, -0.15) is 0 Å². The molecule has 0 aliphatic heterocycles. The number of rotatable bonds is 7. The molecule has 2 rings (SSSR count). The predicted molar refractivity (Wildman–Crippen MR) is 106 cm³/mol. The molecule has 3 nitrogen and oxygen atoms in total. The zero-order valence-electron chi connectivity index (χ0n) is 16.2. The van der Waals surface area contributed by atoms with E-state index >= 15 is 0 Å². The van der Waals surface area contributed by atoms with Gasteiger partial charge in [0, 0.05) is 18.4 Å². The first-order valence-electron chi connectivity index (χ1n) is 9.45. The minimum atomic E-state index is -1.17. The second-order valence-corrected chi connectivity index (χ2v) is 10.6. The van der Waals surface area contributed by atoms with Crippen LogP contribution in [0.15, 0.2) is 30.3 Å². The molecule has 1 aromatic carbocycles. The fourth-order valence-electron chi connectivity index (χ4n) is 3.76. The Morgan fingerprint density at radius 3 is 2.40 bits per heavy atom. The number of carbonyl (C=O) groups excluding carboxylic acids is 1. The van der Waals surface area contributed by atoms with Crippen molar-refractivity contribution < 1.29 is 9.00 Å². The van der Waals surface area contributed by atoms with Gasteiger partial charge in [-0.05, 0) is 57.4 Å². The van der Waals surface area contributed by atoms with Gasteiger partial charge in [0.15, 0.2) is 0 Å². The summed E-state index contributed by atoms with van der Waals surface area (Å²) in [4.78, 5) is 12.6. The van der Waals surface area contributed by atoms with E-state index in [0.717, 1.165) is 19.3 Å². The maximum absolute atomic E-state index is 12.7. The van der Waals surface area contributed by atoms with Crippen molar-refractivity contribution in [3.63, 3.8) is 0 Å². The Bertz CT molecular complexity index is 592. The van der Waals surface area contributed by atoms with Crippen molar-refractivity contribution >= 4 is 16.8 Å². The third-order valence-electron chi connectivity index (χ3n) is 5.25. The molecule has 0 saturated heterocycles. The van der Waals surface area contributed by atoms with Crippen LogP contribution in [0.25, 0.3) is 0 Å². The molecule has 140 valence electrons. The van der Waals surface area contributed by atoms with E-state index in [0.29, 0.717) is 24.0 Å². The molecule has 1 aromatic rings. The summed E-state index contributed by atoms with van der Waals surface area (Å²) in [6.45, 7) is 10.3. The number of ketones is 1. The van der Waals surface area contributed by atoms with Crippen LogP contribution in [0.3, 0.4) is 0 Å². The first-order valence-corrected chi connectivity index (χ1v) is 10.6. The number of aryl methyl sites for hydroxylation is 1.